The van der Waals surface area contributed by atoms with Crippen LogP contribution in [0.5, 0.6) is 0 Å². The van der Waals surface area contributed by atoms with E-state index in [0.717, 1.165) is 5.56 Å². The highest BCUT2D eigenvalue weighted by molar-refractivity contribution is 5.77. The predicted molar refractivity (Wildman–Crippen MR) is 97.7 cm³/mol. The number of carbonyl (C=O) groups is 1. The van der Waals surface area contributed by atoms with Gasteiger partial charge in [-0.1, -0.05) is 42.5 Å². The van der Waals surface area contributed by atoms with Crippen LogP contribution in [0.1, 0.15) is 5.89 Å². The van der Waals surface area contributed by atoms with Crippen molar-refractivity contribution in [3.63, 3.8) is 0 Å². The van der Waals surface area contributed by atoms with Gasteiger partial charge < -0.3 is 9.15 Å². The van der Waals surface area contributed by atoms with E-state index in [-0.39, 0.29) is 24.6 Å². The molecule has 134 valence electrons. The fourth-order valence-electron chi connectivity index (χ4n) is 2.66. The Bertz CT molecular complexity index is 1150. The maximum absolute atomic E-state index is 12.4. The number of aromatic nitrogens is 3. The van der Waals surface area contributed by atoms with Gasteiger partial charge >= 0.3 is 5.97 Å². The topological polar surface area (TPSA) is 87.2 Å². The number of hydrogen-bond acceptors (Lipinski definition) is 6. The molecule has 0 aliphatic rings. The average molecular weight is 361 g/mol. The normalized spacial score (nSPS) is 10.8. The molecule has 0 atom stereocenters. The number of para-hydroxylation sites is 1. The lowest BCUT2D eigenvalue weighted by Gasteiger charge is -2.06. The van der Waals surface area contributed by atoms with Crippen LogP contribution in [0, 0.1) is 0 Å². The smallest absolute Gasteiger partial charge is 0.326 e. The Morgan fingerprint density at radius 2 is 1.81 bits per heavy atom. The van der Waals surface area contributed by atoms with E-state index >= 15 is 0 Å². The van der Waals surface area contributed by atoms with Gasteiger partial charge in [0.05, 0.1) is 23.4 Å². The molecular formula is C20H15N3O4. The predicted octanol–water partition coefficient (Wildman–Crippen LogP) is 2.79. The summed E-state index contributed by atoms with van der Waals surface area (Å²) in [6, 6.07) is 16.5. The molecule has 0 N–H and O–H groups in total. The number of nitrogens with zero attached hydrogens (tertiary/aromatic N) is 3. The number of fused-ring (bicyclic) bond motifs is 1. The zero-order valence-electron chi connectivity index (χ0n) is 14.2. The minimum atomic E-state index is -0.575. The third-order valence-electron chi connectivity index (χ3n) is 4.00. The fourth-order valence-corrected chi connectivity index (χ4v) is 2.66. The van der Waals surface area contributed by atoms with E-state index in [2.05, 4.69) is 9.97 Å². The van der Waals surface area contributed by atoms with Crippen LogP contribution in [0.15, 0.2) is 76.3 Å². The molecule has 0 aliphatic heterocycles. The number of ether oxygens (including phenoxy) is 1. The monoisotopic (exact) mass is 361 g/mol. The van der Waals surface area contributed by atoms with E-state index in [0.29, 0.717) is 16.7 Å². The van der Waals surface area contributed by atoms with E-state index in [9.17, 15) is 9.59 Å². The summed E-state index contributed by atoms with van der Waals surface area (Å²) in [5, 5.41) is 0.452. The minimum absolute atomic E-state index is 0.110. The molecule has 7 heteroatoms. The van der Waals surface area contributed by atoms with E-state index in [4.69, 9.17) is 9.15 Å². The number of oxazole rings is 1. The molecule has 0 saturated carbocycles. The van der Waals surface area contributed by atoms with Crippen molar-refractivity contribution in [2.24, 2.45) is 0 Å². The number of benzene rings is 2. The van der Waals surface area contributed by atoms with Crippen LogP contribution in [0.4, 0.5) is 0 Å². The Kier molecular flexibility index (Phi) is 4.49. The maximum Gasteiger partial charge on any atom is 0.326 e. The van der Waals surface area contributed by atoms with Crippen LogP contribution in [-0.4, -0.2) is 20.5 Å². The van der Waals surface area contributed by atoms with Gasteiger partial charge in [0, 0.05) is 5.56 Å². The maximum atomic E-state index is 12.4. The highest BCUT2D eigenvalue weighted by Gasteiger charge is 2.12. The molecule has 4 aromatic rings. The summed E-state index contributed by atoms with van der Waals surface area (Å²) in [6.45, 7) is -0.343. The molecule has 0 radical (unpaired) electrons. The van der Waals surface area contributed by atoms with E-state index in [1.54, 1.807) is 30.5 Å². The Balaban J connectivity index is 1.41. The largest absolute Gasteiger partial charge is 0.454 e. The highest BCUT2D eigenvalue weighted by atomic mass is 16.5. The molecule has 2 aromatic heterocycles. The molecule has 0 amide bonds. The molecule has 0 aliphatic carbocycles. The van der Waals surface area contributed by atoms with Crippen molar-refractivity contribution in [1.82, 2.24) is 14.5 Å². The van der Waals surface area contributed by atoms with Gasteiger partial charge in [-0.05, 0) is 12.1 Å². The molecule has 27 heavy (non-hydrogen) atoms. The van der Waals surface area contributed by atoms with Gasteiger partial charge in [-0.25, -0.2) is 9.97 Å². The van der Waals surface area contributed by atoms with Crippen LogP contribution < -0.4 is 5.56 Å². The van der Waals surface area contributed by atoms with Gasteiger partial charge in [0.1, 0.15) is 6.54 Å². The van der Waals surface area contributed by atoms with Crippen molar-refractivity contribution in [2.75, 3.05) is 0 Å². The van der Waals surface area contributed by atoms with Crippen LogP contribution in [-0.2, 0) is 22.7 Å². The van der Waals surface area contributed by atoms with E-state index < -0.39 is 5.97 Å². The molecular weight excluding hydrogens is 346 g/mol. The molecule has 2 heterocycles. The molecule has 2 aromatic carbocycles. The van der Waals surface area contributed by atoms with Gasteiger partial charge in [-0.3, -0.25) is 14.2 Å². The van der Waals surface area contributed by atoms with Crippen molar-refractivity contribution >= 4 is 16.9 Å². The number of rotatable bonds is 5. The first-order valence-electron chi connectivity index (χ1n) is 8.30. The Morgan fingerprint density at radius 1 is 1.04 bits per heavy atom. The highest BCUT2D eigenvalue weighted by Crippen LogP contribution is 2.20. The Morgan fingerprint density at radius 3 is 2.67 bits per heavy atom. The summed E-state index contributed by atoms with van der Waals surface area (Å²) < 4.78 is 12.0. The van der Waals surface area contributed by atoms with E-state index in [1.807, 2.05) is 30.3 Å². The molecule has 0 fully saturated rings. The lowest BCUT2D eigenvalue weighted by Crippen LogP contribution is -2.25. The Labute approximate surface area is 153 Å². The summed E-state index contributed by atoms with van der Waals surface area (Å²) >= 11 is 0. The second-order valence-electron chi connectivity index (χ2n) is 5.84. The Hall–Kier alpha value is -3.74. The zero-order valence-corrected chi connectivity index (χ0v) is 14.2. The molecule has 7 nitrogen and oxygen atoms in total. The molecule has 0 unspecified atom stereocenters. The number of hydrogen-bond donors (Lipinski definition) is 0. The van der Waals surface area contributed by atoms with Gasteiger partial charge in [0.2, 0.25) is 5.89 Å². The SMILES string of the molecule is O=C(Cn1cnc2ccccc2c1=O)OCc1ncc(-c2ccccc2)o1. The summed E-state index contributed by atoms with van der Waals surface area (Å²) in [5.74, 6) is 0.302. The molecule has 0 saturated heterocycles. The third kappa shape index (κ3) is 3.62. The second-order valence-corrected chi connectivity index (χ2v) is 5.84. The van der Waals surface area contributed by atoms with Crippen molar-refractivity contribution in [3.8, 4) is 11.3 Å². The first kappa shape index (κ1) is 16.7. The number of esters is 1. The van der Waals surface area contributed by atoms with Crippen LogP contribution in [0.2, 0.25) is 0 Å². The summed E-state index contributed by atoms with van der Waals surface area (Å²) in [5.41, 5.74) is 1.18. The molecule has 0 bridgehead atoms. The van der Waals surface area contributed by atoms with E-state index in [1.165, 1.54) is 10.9 Å². The third-order valence-corrected chi connectivity index (χ3v) is 4.00. The standard InChI is InChI=1S/C20H15N3O4/c24-19(11-23-13-22-16-9-5-4-8-15(16)20(23)25)26-12-18-21-10-17(27-18)14-6-2-1-3-7-14/h1-10,13H,11-12H2. The van der Waals surface area contributed by atoms with Crippen molar-refractivity contribution in [3.05, 3.63) is 83.4 Å². The van der Waals surface area contributed by atoms with Gasteiger partial charge in [-0.2, -0.15) is 0 Å². The summed E-state index contributed by atoms with van der Waals surface area (Å²) in [6.07, 6.45) is 2.92. The van der Waals surface area contributed by atoms with Crippen molar-refractivity contribution in [2.45, 2.75) is 13.2 Å². The van der Waals surface area contributed by atoms with Gasteiger partial charge in [0.25, 0.3) is 5.56 Å². The second kappa shape index (κ2) is 7.25. The first-order valence-corrected chi connectivity index (χ1v) is 8.30. The number of carbonyl (C=O) groups excluding carboxylic acids is 1. The molecule has 4 rings (SSSR count). The summed E-state index contributed by atoms with van der Waals surface area (Å²) in [7, 11) is 0. The lowest BCUT2D eigenvalue weighted by molar-refractivity contribution is -0.146. The fraction of sp³-hybridized carbons (Fsp3) is 0.100. The van der Waals surface area contributed by atoms with Crippen LogP contribution in [0.3, 0.4) is 0 Å². The minimum Gasteiger partial charge on any atom is -0.454 e. The van der Waals surface area contributed by atoms with Crippen molar-refractivity contribution in [1.29, 1.82) is 0 Å². The van der Waals surface area contributed by atoms with Gasteiger partial charge in [0.15, 0.2) is 12.4 Å². The quantitative estimate of drug-likeness (QED) is 0.508. The summed E-state index contributed by atoms with van der Waals surface area (Å²) in [4.78, 5) is 32.7. The molecule has 0 spiro atoms. The van der Waals surface area contributed by atoms with Crippen molar-refractivity contribution < 1.29 is 13.9 Å². The average Bonchev–Trinajstić information content (AvgIpc) is 3.19. The first-order chi connectivity index (χ1) is 13.2. The van der Waals surface area contributed by atoms with Crippen LogP contribution >= 0.6 is 0 Å². The zero-order chi connectivity index (χ0) is 18.6. The van der Waals surface area contributed by atoms with Crippen LogP contribution in [0.25, 0.3) is 22.2 Å². The van der Waals surface area contributed by atoms with Gasteiger partial charge in [-0.15, -0.1) is 0 Å². The lowest BCUT2D eigenvalue weighted by atomic mass is 10.2.